The number of nitrogens with one attached hydrogen (secondary N) is 2. The van der Waals surface area contributed by atoms with Crippen LogP contribution in [0.2, 0.25) is 0 Å². The fourth-order valence-electron chi connectivity index (χ4n) is 2.14. The van der Waals surface area contributed by atoms with E-state index in [9.17, 15) is 0 Å². The number of ether oxygens (including phenoxy) is 1. The van der Waals surface area contributed by atoms with Crippen LogP contribution >= 0.6 is 0 Å². The maximum absolute atomic E-state index is 5.38. The lowest BCUT2D eigenvalue weighted by Crippen LogP contribution is -2.23. The molecule has 2 rings (SSSR count). The van der Waals surface area contributed by atoms with Gasteiger partial charge in [0.05, 0.1) is 0 Å². The fraction of sp³-hybridized carbons (Fsp3) is 0.714. The van der Waals surface area contributed by atoms with Gasteiger partial charge in [-0.1, -0.05) is 13.8 Å². The molecule has 1 aromatic rings. The SMILES string of the molecule is CNc1cc(NCC2CCOCC2)nc(C(C)C)n1. The molecule has 1 aliphatic rings. The molecule has 0 aromatic carbocycles. The summed E-state index contributed by atoms with van der Waals surface area (Å²) in [5.41, 5.74) is 0. The number of aromatic nitrogens is 2. The van der Waals surface area contributed by atoms with Crippen LogP contribution in [0.15, 0.2) is 6.07 Å². The Morgan fingerprint density at radius 2 is 1.95 bits per heavy atom. The molecule has 0 atom stereocenters. The third-order valence-electron chi connectivity index (χ3n) is 3.43. The Morgan fingerprint density at radius 3 is 2.58 bits per heavy atom. The number of hydrogen-bond donors (Lipinski definition) is 2. The van der Waals surface area contributed by atoms with E-state index in [0.29, 0.717) is 11.8 Å². The molecule has 0 radical (unpaired) electrons. The zero-order valence-corrected chi connectivity index (χ0v) is 12.1. The van der Waals surface area contributed by atoms with Crippen LogP contribution in [0.3, 0.4) is 0 Å². The highest BCUT2D eigenvalue weighted by molar-refractivity contribution is 5.47. The third-order valence-corrected chi connectivity index (χ3v) is 3.43. The second-order valence-electron chi connectivity index (χ2n) is 5.34. The van der Waals surface area contributed by atoms with E-state index >= 15 is 0 Å². The lowest BCUT2D eigenvalue weighted by Gasteiger charge is -2.22. The van der Waals surface area contributed by atoms with E-state index in [2.05, 4.69) is 34.4 Å². The number of rotatable bonds is 5. The molecule has 0 saturated carbocycles. The first-order chi connectivity index (χ1) is 9.19. The van der Waals surface area contributed by atoms with Gasteiger partial charge in [0.25, 0.3) is 0 Å². The van der Waals surface area contributed by atoms with Crippen LogP contribution in [0, 0.1) is 5.92 Å². The molecule has 5 heteroatoms. The fourth-order valence-corrected chi connectivity index (χ4v) is 2.14. The molecule has 19 heavy (non-hydrogen) atoms. The summed E-state index contributed by atoms with van der Waals surface area (Å²) in [6.07, 6.45) is 2.27. The molecule has 106 valence electrons. The minimum Gasteiger partial charge on any atom is -0.381 e. The van der Waals surface area contributed by atoms with Crippen LogP contribution < -0.4 is 10.6 Å². The van der Waals surface area contributed by atoms with Crippen molar-refractivity contribution in [2.24, 2.45) is 5.92 Å². The lowest BCUT2D eigenvalue weighted by molar-refractivity contribution is 0.0699. The predicted octanol–water partition coefficient (Wildman–Crippen LogP) is 2.48. The Labute approximate surface area is 115 Å². The summed E-state index contributed by atoms with van der Waals surface area (Å²) < 4.78 is 5.38. The molecule has 2 N–H and O–H groups in total. The summed E-state index contributed by atoms with van der Waals surface area (Å²) in [7, 11) is 1.88. The largest absolute Gasteiger partial charge is 0.381 e. The van der Waals surface area contributed by atoms with Gasteiger partial charge < -0.3 is 15.4 Å². The second-order valence-corrected chi connectivity index (χ2v) is 5.34. The quantitative estimate of drug-likeness (QED) is 0.855. The van der Waals surface area contributed by atoms with E-state index in [0.717, 1.165) is 50.1 Å². The van der Waals surface area contributed by atoms with E-state index < -0.39 is 0 Å². The zero-order chi connectivity index (χ0) is 13.7. The van der Waals surface area contributed by atoms with Crippen molar-refractivity contribution in [1.82, 2.24) is 9.97 Å². The standard InChI is InChI=1S/C14H24N4O/c1-10(2)14-17-12(15-3)8-13(18-14)16-9-11-4-6-19-7-5-11/h8,10-11H,4-7,9H2,1-3H3,(H2,15,16,17,18). The normalized spacial score (nSPS) is 16.6. The third kappa shape index (κ3) is 4.06. The van der Waals surface area contributed by atoms with Crippen LogP contribution in [0.5, 0.6) is 0 Å². The maximum Gasteiger partial charge on any atom is 0.135 e. The van der Waals surface area contributed by atoms with Crippen molar-refractivity contribution < 1.29 is 4.74 Å². The predicted molar refractivity (Wildman–Crippen MR) is 77.7 cm³/mol. The molecule has 1 saturated heterocycles. The molecule has 1 aromatic heterocycles. The minimum atomic E-state index is 0.330. The average Bonchev–Trinajstić information content (AvgIpc) is 2.45. The molecule has 1 aliphatic heterocycles. The summed E-state index contributed by atoms with van der Waals surface area (Å²) in [6.45, 7) is 6.94. The maximum atomic E-state index is 5.38. The Balaban J connectivity index is 2.00. The smallest absolute Gasteiger partial charge is 0.135 e. The van der Waals surface area contributed by atoms with Gasteiger partial charge in [-0.2, -0.15) is 0 Å². The summed E-state index contributed by atoms with van der Waals surface area (Å²) in [5.74, 6) is 3.67. The highest BCUT2D eigenvalue weighted by Gasteiger charge is 2.14. The molecule has 0 bridgehead atoms. The Kier molecular flexibility index (Phi) is 4.96. The molecule has 5 nitrogen and oxygen atoms in total. The van der Waals surface area contributed by atoms with Crippen LogP contribution in [0.1, 0.15) is 38.4 Å². The summed E-state index contributed by atoms with van der Waals surface area (Å²) in [6, 6.07) is 1.96. The first-order valence-electron chi connectivity index (χ1n) is 7.07. The number of anilines is 2. The van der Waals surface area contributed by atoms with E-state index in [4.69, 9.17) is 4.74 Å². The van der Waals surface area contributed by atoms with Gasteiger partial charge in [0.1, 0.15) is 17.5 Å². The Hall–Kier alpha value is -1.36. The summed E-state index contributed by atoms with van der Waals surface area (Å²) in [5, 5.41) is 6.53. The van der Waals surface area contributed by atoms with Crippen molar-refractivity contribution in [3.05, 3.63) is 11.9 Å². The topological polar surface area (TPSA) is 59.1 Å². The zero-order valence-electron chi connectivity index (χ0n) is 12.1. The van der Waals surface area contributed by atoms with Crippen molar-refractivity contribution in [2.45, 2.75) is 32.6 Å². The van der Waals surface area contributed by atoms with Gasteiger partial charge in [-0.05, 0) is 18.8 Å². The van der Waals surface area contributed by atoms with E-state index in [1.54, 1.807) is 0 Å². The summed E-state index contributed by atoms with van der Waals surface area (Å²) >= 11 is 0. The van der Waals surface area contributed by atoms with E-state index in [1.165, 1.54) is 0 Å². The molecule has 0 unspecified atom stereocenters. The monoisotopic (exact) mass is 264 g/mol. The molecular weight excluding hydrogens is 240 g/mol. The van der Waals surface area contributed by atoms with Crippen LogP contribution in [-0.4, -0.2) is 36.8 Å². The van der Waals surface area contributed by atoms with Gasteiger partial charge in [0.15, 0.2) is 0 Å². The minimum absolute atomic E-state index is 0.330. The second kappa shape index (κ2) is 6.70. The van der Waals surface area contributed by atoms with Gasteiger partial charge in [0, 0.05) is 38.8 Å². The van der Waals surface area contributed by atoms with Crippen molar-refractivity contribution in [2.75, 3.05) is 37.4 Å². The number of nitrogens with zero attached hydrogens (tertiary/aromatic N) is 2. The number of hydrogen-bond acceptors (Lipinski definition) is 5. The van der Waals surface area contributed by atoms with Gasteiger partial charge in [-0.15, -0.1) is 0 Å². The Morgan fingerprint density at radius 1 is 1.26 bits per heavy atom. The van der Waals surface area contributed by atoms with Gasteiger partial charge in [-0.25, -0.2) is 9.97 Å². The molecule has 1 fully saturated rings. The first-order valence-corrected chi connectivity index (χ1v) is 7.07. The van der Waals surface area contributed by atoms with Gasteiger partial charge in [-0.3, -0.25) is 0 Å². The average molecular weight is 264 g/mol. The first kappa shape index (κ1) is 14.1. The van der Waals surface area contributed by atoms with Crippen molar-refractivity contribution in [1.29, 1.82) is 0 Å². The highest BCUT2D eigenvalue weighted by atomic mass is 16.5. The molecule has 0 amide bonds. The van der Waals surface area contributed by atoms with Crippen molar-refractivity contribution in [3.8, 4) is 0 Å². The van der Waals surface area contributed by atoms with Crippen LogP contribution in [-0.2, 0) is 4.74 Å². The van der Waals surface area contributed by atoms with Crippen molar-refractivity contribution in [3.63, 3.8) is 0 Å². The van der Waals surface area contributed by atoms with Gasteiger partial charge in [0.2, 0.25) is 0 Å². The molecule has 2 heterocycles. The molecular formula is C14H24N4O. The van der Waals surface area contributed by atoms with Crippen LogP contribution in [0.25, 0.3) is 0 Å². The molecule has 0 aliphatic carbocycles. The summed E-state index contributed by atoms with van der Waals surface area (Å²) in [4.78, 5) is 9.04. The Bertz CT molecular complexity index is 402. The highest BCUT2D eigenvalue weighted by Crippen LogP contribution is 2.19. The van der Waals surface area contributed by atoms with E-state index in [-0.39, 0.29) is 0 Å². The van der Waals surface area contributed by atoms with Crippen LogP contribution in [0.4, 0.5) is 11.6 Å². The van der Waals surface area contributed by atoms with Gasteiger partial charge >= 0.3 is 0 Å². The van der Waals surface area contributed by atoms with E-state index in [1.807, 2.05) is 13.1 Å². The molecule has 0 spiro atoms. The van der Waals surface area contributed by atoms with Crippen molar-refractivity contribution >= 4 is 11.6 Å². The lowest BCUT2D eigenvalue weighted by atomic mass is 10.0.